The number of carbonyl (C=O) groups is 2. The standard InChI is InChI=1S/C17H22N2O5S/c1-12-10-15(12)17(21)24-11-16(20)18-13-4-6-14(7-5-13)25(22,23)19-8-2-3-9-19/h4-7,12,15H,2-3,8-11H2,1H3,(H,18,20)/t12-,15-/m1/s1. The fourth-order valence-corrected chi connectivity index (χ4v) is 4.40. The van der Waals surface area contributed by atoms with Gasteiger partial charge in [0, 0.05) is 18.8 Å². The summed E-state index contributed by atoms with van der Waals surface area (Å²) in [7, 11) is -3.46. The summed E-state index contributed by atoms with van der Waals surface area (Å²) in [5, 5.41) is 2.59. The molecule has 1 aromatic carbocycles. The molecule has 1 N–H and O–H groups in total. The van der Waals surface area contributed by atoms with Gasteiger partial charge in [-0.2, -0.15) is 4.31 Å². The largest absolute Gasteiger partial charge is 0.455 e. The van der Waals surface area contributed by atoms with Gasteiger partial charge in [-0.25, -0.2) is 8.42 Å². The van der Waals surface area contributed by atoms with E-state index in [2.05, 4.69) is 5.32 Å². The predicted octanol–water partition coefficient (Wildman–Crippen LogP) is 1.61. The zero-order valence-corrected chi connectivity index (χ0v) is 14.9. The Hall–Kier alpha value is -1.93. The fourth-order valence-electron chi connectivity index (χ4n) is 2.88. The van der Waals surface area contributed by atoms with Gasteiger partial charge < -0.3 is 10.1 Å². The van der Waals surface area contributed by atoms with Crippen molar-refractivity contribution in [2.24, 2.45) is 11.8 Å². The third kappa shape index (κ3) is 4.19. The summed E-state index contributed by atoms with van der Waals surface area (Å²) in [4.78, 5) is 23.6. The highest BCUT2D eigenvalue weighted by Gasteiger charge is 2.40. The molecule has 1 amide bonds. The molecule has 3 rings (SSSR count). The summed E-state index contributed by atoms with van der Waals surface area (Å²) in [6, 6.07) is 6.01. The van der Waals surface area contributed by atoms with Crippen LogP contribution < -0.4 is 5.32 Å². The molecule has 2 atom stereocenters. The second kappa shape index (κ2) is 7.13. The molecule has 0 aromatic heterocycles. The van der Waals surface area contributed by atoms with E-state index in [4.69, 9.17) is 4.74 Å². The SMILES string of the molecule is C[C@@H]1C[C@H]1C(=O)OCC(=O)Nc1ccc(S(=O)(=O)N2CCCC2)cc1. The Kier molecular flexibility index (Phi) is 5.10. The molecular formula is C17H22N2O5S. The molecule has 1 heterocycles. The van der Waals surface area contributed by atoms with Gasteiger partial charge in [-0.15, -0.1) is 0 Å². The first-order chi connectivity index (χ1) is 11.9. The van der Waals surface area contributed by atoms with Crippen molar-refractivity contribution in [3.8, 4) is 0 Å². The van der Waals surface area contributed by atoms with Crippen LogP contribution in [0.4, 0.5) is 5.69 Å². The highest BCUT2D eigenvalue weighted by molar-refractivity contribution is 7.89. The minimum Gasteiger partial charge on any atom is -0.455 e. The van der Waals surface area contributed by atoms with Crippen LogP contribution >= 0.6 is 0 Å². The van der Waals surface area contributed by atoms with E-state index in [1.54, 1.807) is 0 Å². The summed E-state index contributed by atoms with van der Waals surface area (Å²) in [6.07, 6.45) is 2.57. The Morgan fingerprint density at radius 2 is 1.80 bits per heavy atom. The van der Waals surface area contributed by atoms with Crippen molar-refractivity contribution in [3.63, 3.8) is 0 Å². The third-order valence-corrected chi connectivity index (χ3v) is 6.51. The zero-order valence-electron chi connectivity index (χ0n) is 14.1. The molecule has 1 saturated heterocycles. The van der Waals surface area contributed by atoms with Crippen LogP contribution in [0, 0.1) is 11.8 Å². The first-order valence-electron chi connectivity index (χ1n) is 8.44. The molecule has 0 unspecified atom stereocenters. The van der Waals surface area contributed by atoms with Crippen LogP contribution in [0.15, 0.2) is 29.2 Å². The first kappa shape index (κ1) is 17.9. The Labute approximate surface area is 147 Å². The van der Waals surface area contributed by atoms with Crippen molar-refractivity contribution in [1.82, 2.24) is 4.31 Å². The summed E-state index contributed by atoms with van der Waals surface area (Å²) in [5.41, 5.74) is 0.459. The number of nitrogens with zero attached hydrogens (tertiary/aromatic N) is 1. The molecule has 2 aliphatic rings. The number of rotatable bonds is 6. The van der Waals surface area contributed by atoms with Gasteiger partial charge >= 0.3 is 5.97 Å². The number of hydrogen-bond acceptors (Lipinski definition) is 5. The Balaban J connectivity index is 1.53. The van der Waals surface area contributed by atoms with Gasteiger partial charge in [0.1, 0.15) is 0 Å². The third-order valence-electron chi connectivity index (χ3n) is 4.60. The maximum atomic E-state index is 12.4. The van der Waals surface area contributed by atoms with Crippen LogP contribution in [0.2, 0.25) is 0 Å². The number of anilines is 1. The van der Waals surface area contributed by atoms with E-state index in [1.807, 2.05) is 6.92 Å². The van der Waals surface area contributed by atoms with Crippen LogP contribution in [-0.2, 0) is 24.3 Å². The molecule has 0 radical (unpaired) electrons. The Bertz CT molecular complexity index is 754. The molecule has 7 nitrogen and oxygen atoms in total. The number of sulfonamides is 1. The van der Waals surface area contributed by atoms with E-state index in [9.17, 15) is 18.0 Å². The molecular weight excluding hydrogens is 344 g/mol. The lowest BCUT2D eigenvalue weighted by atomic mass is 10.3. The summed E-state index contributed by atoms with van der Waals surface area (Å²) in [5.74, 6) is -0.532. The minimum atomic E-state index is -3.46. The van der Waals surface area contributed by atoms with Crippen molar-refractivity contribution >= 4 is 27.6 Å². The quantitative estimate of drug-likeness (QED) is 0.772. The topological polar surface area (TPSA) is 92.8 Å². The van der Waals surface area contributed by atoms with Gasteiger partial charge in [0.05, 0.1) is 10.8 Å². The molecule has 2 fully saturated rings. The molecule has 136 valence electrons. The molecule has 1 aliphatic carbocycles. The van der Waals surface area contributed by atoms with E-state index < -0.39 is 15.9 Å². The maximum absolute atomic E-state index is 12.4. The molecule has 25 heavy (non-hydrogen) atoms. The number of esters is 1. The van der Waals surface area contributed by atoms with E-state index in [1.165, 1.54) is 28.6 Å². The fraction of sp³-hybridized carbons (Fsp3) is 0.529. The second-order valence-corrected chi connectivity index (χ2v) is 8.55. The molecule has 1 aromatic rings. The number of nitrogens with one attached hydrogen (secondary N) is 1. The number of carbonyl (C=O) groups excluding carboxylic acids is 2. The lowest BCUT2D eigenvalue weighted by molar-refractivity contribution is -0.148. The lowest BCUT2D eigenvalue weighted by Gasteiger charge is -2.15. The van der Waals surface area contributed by atoms with Crippen molar-refractivity contribution in [1.29, 1.82) is 0 Å². The van der Waals surface area contributed by atoms with Crippen LogP contribution in [0.3, 0.4) is 0 Å². The number of hydrogen-bond donors (Lipinski definition) is 1. The first-order valence-corrected chi connectivity index (χ1v) is 9.88. The molecule has 1 saturated carbocycles. The molecule has 1 aliphatic heterocycles. The Morgan fingerprint density at radius 3 is 2.36 bits per heavy atom. The van der Waals surface area contributed by atoms with Gasteiger partial charge in [0.25, 0.3) is 5.91 Å². The Morgan fingerprint density at radius 1 is 1.20 bits per heavy atom. The van der Waals surface area contributed by atoms with Crippen molar-refractivity contribution < 1.29 is 22.7 Å². The van der Waals surface area contributed by atoms with E-state index >= 15 is 0 Å². The average molecular weight is 366 g/mol. The molecule has 0 bridgehead atoms. The van der Waals surface area contributed by atoms with Crippen LogP contribution in [0.1, 0.15) is 26.2 Å². The zero-order chi connectivity index (χ0) is 18.0. The summed E-state index contributed by atoms with van der Waals surface area (Å²) < 4.78 is 31.3. The van der Waals surface area contributed by atoms with Crippen molar-refractivity contribution in [2.45, 2.75) is 31.1 Å². The number of amides is 1. The second-order valence-electron chi connectivity index (χ2n) is 6.61. The van der Waals surface area contributed by atoms with Crippen LogP contribution in [0.5, 0.6) is 0 Å². The smallest absolute Gasteiger partial charge is 0.309 e. The van der Waals surface area contributed by atoms with Gasteiger partial charge in [0.2, 0.25) is 10.0 Å². The van der Waals surface area contributed by atoms with Crippen LogP contribution in [-0.4, -0.2) is 44.3 Å². The van der Waals surface area contributed by atoms with E-state index in [0.29, 0.717) is 24.7 Å². The maximum Gasteiger partial charge on any atom is 0.309 e. The number of benzene rings is 1. The van der Waals surface area contributed by atoms with Gasteiger partial charge in [0.15, 0.2) is 6.61 Å². The lowest BCUT2D eigenvalue weighted by Crippen LogP contribution is -2.27. The van der Waals surface area contributed by atoms with Gasteiger partial charge in [-0.1, -0.05) is 6.92 Å². The highest BCUT2D eigenvalue weighted by atomic mass is 32.2. The minimum absolute atomic E-state index is 0.0807. The summed E-state index contributed by atoms with van der Waals surface area (Å²) in [6.45, 7) is 2.72. The predicted molar refractivity (Wildman–Crippen MR) is 91.3 cm³/mol. The van der Waals surface area contributed by atoms with Gasteiger partial charge in [-0.05, 0) is 49.4 Å². The van der Waals surface area contributed by atoms with Crippen molar-refractivity contribution in [2.75, 3.05) is 25.0 Å². The highest BCUT2D eigenvalue weighted by Crippen LogP contribution is 2.38. The van der Waals surface area contributed by atoms with Gasteiger partial charge in [-0.3, -0.25) is 9.59 Å². The average Bonchev–Trinajstić information content (AvgIpc) is 3.09. The monoisotopic (exact) mass is 366 g/mol. The van der Waals surface area contributed by atoms with E-state index in [-0.39, 0.29) is 23.4 Å². The molecule has 8 heteroatoms. The van der Waals surface area contributed by atoms with E-state index in [0.717, 1.165) is 19.3 Å². The summed E-state index contributed by atoms with van der Waals surface area (Å²) >= 11 is 0. The normalized spacial score (nSPS) is 23.2. The molecule has 0 spiro atoms. The number of ether oxygens (including phenoxy) is 1. The van der Waals surface area contributed by atoms with Crippen molar-refractivity contribution in [3.05, 3.63) is 24.3 Å². The van der Waals surface area contributed by atoms with Crippen LogP contribution in [0.25, 0.3) is 0 Å².